The van der Waals surface area contributed by atoms with Crippen LogP contribution < -0.4 is 0 Å². The van der Waals surface area contributed by atoms with Gasteiger partial charge in [0, 0.05) is 32.7 Å². The normalized spacial score (nSPS) is 10.8. The van der Waals surface area contributed by atoms with Gasteiger partial charge in [0.1, 0.15) is 0 Å². The first-order valence-corrected chi connectivity index (χ1v) is 6.97. The molecular formula is C14H12Cl3NO. The molecule has 0 aliphatic rings. The predicted molar refractivity (Wildman–Crippen MR) is 80.3 cm³/mol. The highest BCUT2D eigenvalue weighted by atomic mass is 35.5. The summed E-state index contributed by atoms with van der Waals surface area (Å²) in [7, 11) is 0. The number of halogens is 3. The molecule has 0 bridgehead atoms. The third-order valence-corrected chi connectivity index (χ3v) is 3.64. The molecule has 0 aliphatic carbocycles. The van der Waals surface area contributed by atoms with Crippen LogP contribution in [-0.4, -0.2) is 16.2 Å². The van der Waals surface area contributed by atoms with Crippen molar-refractivity contribution >= 4 is 40.6 Å². The van der Waals surface area contributed by atoms with Gasteiger partial charge in [-0.25, -0.2) is 0 Å². The highest BCUT2D eigenvalue weighted by Crippen LogP contribution is 2.26. The molecule has 5 heteroatoms. The number of ketones is 1. The number of rotatable bonds is 3. The van der Waals surface area contributed by atoms with Gasteiger partial charge in [0.15, 0.2) is 5.78 Å². The van der Waals surface area contributed by atoms with Crippen molar-refractivity contribution in [2.24, 2.45) is 0 Å². The van der Waals surface area contributed by atoms with Crippen molar-refractivity contribution in [1.82, 2.24) is 4.57 Å². The van der Waals surface area contributed by atoms with Gasteiger partial charge >= 0.3 is 0 Å². The largest absolute Gasteiger partial charge is 0.318 e. The first kappa shape index (κ1) is 14.4. The Morgan fingerprint density at radius 2 is 1.68 bits per heavy atom. The lowest BCUT2D eigenvalue weighted by atomic mass is 10.2. The van der Waals surface area contributed by atoms with E-state index in [4.69, 9.17) is 34.8 Å². The van der Waals surface area contributed by atoms with Crippen molar-refractivity contribution in [1.29, 1.82) is 0 Å². The first-order valence-electron chi connectivity index (χ1n) is 5.68. The number of benzene rings is 1. The van der Waals surface area contributed by atoms with Crippen LogP contribution in [-0.2, 0) is 0 Å². The van der Waals surface area contributed by atoms with Crippen LogP contribution in [0.25, 0.3) is 5.69 Å². The second-order valence-corrected chi connectivity index (χ2v) is 5.44. The summed E-state index contributed by atoms with van der Waals surface area (Å²) in [6.45, 7) is 3.80. The van der Waals surface area contributed by atoms with Crippen LogP contribution in [0.3, 0.4) is 0 Å². The van der Waals surface area contributed by atoms with Crippen molar-refractivity contribution in [2.45, 2.75) is 13.8 Å². The van der Waals surface area contributed by atoms with E-state index < -0.39 is 0 Å². The molecule has 1 heterocycles. The zero-order chi connectivity index (χ0) is 14.2. The number of carbonyl (C=O) groups excluding carboxylic acids is 1. The van der Waals surface area contributed by atoms with E-state index in [-0.39, 0.29) is 11.7 Å². The van der Waals surface area contributed by atoms with Crippen molar-refractivity contribution in [3.05, 3.63) is 51.3 Å². The molecule has 2 rings (SSSR count). The van der Waals surface area contributed by atoms with E-state index in [0.29, 0.717) is 15.6 Å². The lowest BCUT2D eigenvalue weighted by Crippen LogP contribution is -2.04. The Labute approximate surface area is 126 Å². The van der Waals surface area contributed by atoms with Gasteiger partial charge in [-0.15, -0.1) is 11.6 Å². The Balaban J connectivity index is 2.62. The number of hydrogen-bond donors (Lipinski definition) is 0. The standard InChI is InChI=1S/C14H12Cl3NO/c1-8-3-13(14(19)7-15)9(2)18(8)12-5-10(16)4-11(17)6-12/h3-6H,7H2,1-2H3. The molecule has 0 fully saturated rings. The molecule has 1 aromatic heterocycles. The molecule has 0 spiro atoms. The van der Waals surface area contributed by atoms with Gasteiger partial charge in [0.2, 0.25) is 0 Å². The molecule has 0 N–H and O–H groups in total. The summed E-state index contributed by atoms with van der Waals surface area (Å²) in [5, 5.41) is 1.11. The molecule has 0 amide bonds. The summed E-state index contributed by atoms with van der Waals surface area (Å²) < 4.78 is 1.94. The van der Waals surface area contributed by atoms with Crippen molar-refractivity contribution in [3.63, 3.8) is 0 Å². The summed E-state index contributed by atoms with van der Waals surface area (Å²) in [6, 6.07) is 7.12. The molecule has 0 saturated heterocycles. The fourth-order valence-electron chi connectivity index (χ4n) is 2.18. The maximum absolute atomic E-state index is 11.8. The van der Waals surface area contributed by atoms with Crippen LogP contribution in [0.4, 0.5) is 0 Å². The van der Waals surface area contributed by atoms with Crippen molar-refractivity contribution in [3.8, 4) is 5.69 Å². The average molecular weight is 317 g/mol. The van der Waals surface area contributed by atoms with Gasteiger partial charge in [-0.3, -0.25) is 4.79 Å². The van der Waals surface area contributed by atoms with E-state index in [2.05, 4.69) is 0 Å². The molecule has 1 aromatic carbocycles. The zero-order valence-electron chi connectivity index (χ0n) is 10.5. The summed E-state index contributed by atoms with van der Waals surface area (Å²) >= 11 is 17.6. The number of carbonyl (C=O) groups is 1. The molecule has 2 aromatic rings. The van der Waals surface area contributed by atoms with Crippen LogP contribution in [0, 0.1) is 13.8 Å². The van der Waals surface area contributed by atoms with Gasteiger partial charge in [-0.05, 0) is 38.1 Å². The Kier molecular flexibility index (Phi) is 4.24. The molecular weight excluding hydrogens is 305 g/mol. The maximum atomic E-state index is 11.8. The minimum atomic E-state index is -0.0888. The number of alkyl halides is 1. The minimum absolute atomic E-state index is 0.0272. The Morgan fingerprint density at radius 1 is 1.11 bits per heavy atom. The van der Waals surface area contributed by atoms with E-state index >= 15 is 0 Å². The fraction of sp³-hybridized carbons (Fsp3) is 0.214. The average Bonchev–Trinajstić information content (AvgIpc) is 2.62. The lowest BCUT2D eigenvalue weighted by Gasteiger charge is -2.10. The van der Waals surface area contributed by atoms with Crippen LogP contribution >= 0.6 is 34.8 Å². The Hall–Kier alpha value is -0.960. The summed E-state index contributed by atoms with van der Waals surface area (Å²) in [5.74, 6) is -0.116. The molecule has 0 aliphatic heterocycles. The third kappa shape index (κ3) is 2.81. The Morgan fingerprint density at radius 3 is 2.21 bits per heavy atom. The molecule has 0 unspecified atom stereocenters. The number of aryl methyl sites for hydroxylation is 1. The minimum Gasteiger partial charge on any atom is -0.318 e. The van der Waals surface area contributed by atoms with Gasteiger partial charge < -0.3 is 4.57 Å². The Bertz CT molecular complexity index is 626. The SMILES string of the molecule is Cc1cc(C(=O)CCl)c(C)n1-c1cc(Cl)cc(Cl)c1. The van der Waals surface area contributed by atoms with Gasteiger partial charge in [0.05, 0.1) is 5.88 Å². The number of aromatic nitrogens is 1. The molecule has 0 atom stereocenters. The molecule has 2 nitrogen and oxygen atoms in total. The molecule has 19 heavy (non-hydrogen) atoms. The predicted octanol–water partition coefficient (Wildman–Crippen LogP) is 4.82. The second-order valence-electron chi connectivity index (χ2n) is 4.30. The molecule has 0 saturated carbocycles. The highest BCUT2D eigenvalue weighted by molar-refractivity contribution is 6.35. The third-order valence-electron chi connectivity index (χ3n) is 2.96. The van der Waals surface area contributed by atoms with E-state index in [1.54, 1.807) is 6.07 Å². The number of Topliss-reactive ketones (excluding diaryl/α,β-unsaturated/α-hetero) is 1. The van der Waals surface area contributed by atoms with Crippen LogP contribution in [0.15, 0.2) is 24.3 Å². The van der Waals surface area contributed by atoms with E-state index in [1.807, 2.05) is 36.6 Å². The highest BCUT2D eigenvalue weighted by Gasteiger charge is 2.16. The van der Waals surface area contributed by atoms with E-state index in [9.17, 15) is 4.79 Å². The lowest BCUT2D eigenvalue weighted by molar-refractivity contribution is 0.102. The zero-order valence-corrected chi connectivity index (χ0v) is 12.8. The van der Waals surface area contributed by atoms with Crippen LogP contribution in [0.5, 0.6) is 0 Å². The van der Waals surface area contributed by atoms with Crippen molar-refractivity contribution in [2.75, 3.05) is 5.88 Å². The van der Waals surface area contributed by atoms with Crippen LogP contribution in [0.2, 0.25) is 10.0 Å². The van der Waals surface area contributed by atoms with Gasteiger partial charge in [-0.2, -0.15) is 0 Å². The second kappa shape index (κ2) is 5.58. The first-order chi connectivity index (χ1) is 8.93. The van der Waals surface area contributed by atoms with Gasteiger partial charge in [0.25, 0.3) is 0 Å². The fourth-order valence-corrected chi connectivity index (χ4v) is 2.84. The summed E-state index contributed by atoms with van der Waals surface area (Å²) in [6.07, 6.45) is 0. The van der Waals surface area contributed by atoms with Crippen molar-refractivity contribution < 1.29 is 4.79 Å². The topological polar surface area (TPSA) is 22.0 Å². The maximum Gasteiger partial charge on any atom is 0.179 e. The summed E-state index contributed by atoms with van der Waals surface area (Å²) in [4.78, 5) is 11.8. The quantitative estimate of drug-likeness (QED) is 0.587. The van der Waals surface area contributed by atoms with E-state index in [0.717, 1.165) is 17.1 Å². The number of nitrogens with zero attached hydrogens (tertiary/aromatic N) is 1. The number of hydrogen-bond acceptors (Lipinski definition) is 1. The molecule has 0 radical (unpaired) electrons. The monoisotopic (exact) mass is 315 g/mol. The molecule has 100 valence electrons. The van der Waals surface area contributed by atoms with Crippen LogP contribution in [0.1, 0.15) is 21.7 Å². The van der Waals surface area contributed by atoms with E-state index in [1.165, 1.54) is 0 Å². The van der Waals surface area contributed by atoms with Gasteiger partial charge in [-0.1, -0.05) is 23.2 Å². The smallest absolute Gasteiger partial charge is 0.179 e. The summed E-state index contributed by atoms with van der Waals surface area (Å²) in [5.41, 5.74) is 3.23.